The molecule has 1 saturated carbocycles. The molecule has 3 atom stereocenters. The molecule has 0 aromatic rings. The van der Waals surface area contributed by atoms with Gasteiger partial charge in [0.2, 0.25) is 0 Å². The molecule has 0 aliphatic heterocycles. The maximum absolute atomic E-state index is 10.4. The summed E-state index contributed by atoms with van der Waals surface area (Å²) in [6, 6.07) is 0. The fraction of sp³-hybridized carbons (Fsp3) is 0.929. The lowest BCUT2D eigenvalue weighted by Crippen LogP contribution is -2.23. The number of hydrogen-bond acceptors (Lipinski definition) is 1. The summed E-state index contributed by atoms with van der Waals surface area (Å²) in [6.07, 6.45) is 8.50. The molecule has 0 saturated heterocycles. The zero-order valence-electron chi connectivity index (χ0n) is 10.5. The summed E-state index contributed by atoms with van der Waals surface area (Å²) in [5.41, 5.74) is 0. The molecule has 0 aromatic carbocycles. The molecule has 0 radical (unpaired) electrons. The highest BCUT2D eigenvalue weighted by Crippen LogP contribution is 2.38. The van der Waals surface area contributed by atoms with Crippen LogP contribution in [0.25, 0.3) is 0 Å². The standard InChI is InChI=1S/C14H26O/c1-11(2)9-13-6-7-14(5-4-8-15)12(3)10-13/h8,11-14H,4-7,9-10H2,1-3H3/t12-,13-,14-/m1/s1. The van der Waals surface area contributed by atoms with Crippen molar-refractivity contribution in [3.8, 4) is 0 Å². The van der Waals surface area contributed by atoms with Gasteiger partial charge >= 0.3 is 0 Å². The van der Waals surface area contributed by atoms with E-state index < -0.39 is 0 Å². The first-order chi connectivity index (χ1) is 7.13. The maximum Gasteiger partial charge on any atom is 0.120 e. The average Bonchev–Trinajstić information content (AvgIpc) is 2.15. The van der Waals surface area contributed by atoms with Gasteiger partial charge in [-0.15, -0.1) is 0 Å². The van der Waals surface area contributed by atoms with Crippen LogP contribution in [0.2, 0.25) is 0 Å². The SMILES string of the molecule is CC(C)C[C@H]1CC[C@@H](CCC=O)[C@H](C)C1. The van der Waals surface area contributed by atoms with Crippen molar-refractivity contribution in [2.24, 2.45) is 23.7 Å². The second-order valence-corrected chi connectivity index (χ2v) is 5.79. The molecule has 1 aliphatic carbocycles. The van der Waals surface area contributed by atoms with Crippen LogP contribution in [-0.2, 0) is 4.79 Å². The zero-order valence-corrected chi connectivity index (χ0v) is 10.5. The molecule has 0 heterocycles. The van der Waals surface area contributed by atoms with Gasteiger partial charge in [-0.3, -0.25) is 0 Å². The minimum atomic E-state index is 0.768. The highest BCUT2D eigenvalue weighted by atomic mass is 16.1. The van der Waals surface area contributed by atoms with E-state index in [1.165, 1.54) is 25.7 Å². The monoisotopic (exact) mass is 210 g/mol. The summed E-state index contributed by atoms with van der Waals surface area (Å²) < 4.78 is 0. The van der Waals surface area contributed by atoms with Crippen LogP contribution in [0.3, 0.4) is 0 Å². The van der Waals surface area contributed by atoms with Crippen molar-refractivity contribution in [2.45, 2.75) is 59.3 Å². The first kappa shape index (κ1) is 12.7. The summed E-state index contributed by atoms with van der Waals surface area (Å²) in [5.74, 6) is 3.45. The third kappa shape index (κ3) is 4.36. The molecule has 0 N–H and O–H groups in total. The van der Waals surface area contributed by atoms with Gasteiger partial charge in [0.25, 0.3) is 0 Å². The quantitative estimate of drug-likeness (QED) is 0.625. The van der Waals surface area contributed by atoms with Crippen LogP contribution in [0.5, 0.6) is 0 Å². The van der Waals surface area contributed by atoms with Gasteiger partial charge in [-0.1, -0.05) is 27.2 Å². The summed E-state index contributed by atoms with van der Waals surface area (Å²) in [5, 5.41) is 0. The van der Waals surface area contributed by atoms with Crippen molar-refractivity contribution in [3.63, 3.8) is 0 Å². The average molecular weight is 210 g/mol. The molecule has 0 unspecified atom stereocenters. The van der Waals surface area contributed by atoms with E-state index in [9.17, 15) is 4.79 Å². The molecule has 0 spiro atoms. The molecule has 15 heavy (non-hydrogen) atoms. The molecule has 1 aliphatic rings. The van der Waals surface area contributed by atoms with E-state index in [1.807, 2.05) is 0 Å². The number of hydrogen-bond donors (Lipinski definition) is 0. The third-order valence-corrected chi connectivity index (χ3v) is 3.92. The number of carbonyl (C=O) groups is 1. The lowest BCUT2D eigenvalue weighted by Gasteiger charge is -2.34. The molecular formula is C14H26O. The van der Waals surface area contributed by atoms with E-state index in [-0.39, 0.29) is 0 Å². The number of carbonyl (C=O) groups excluding carboxylic acids is 1. The Balaban J connectivity index is 2.30. The molecule has 1 heteroatoms. The second kappa shape index (κ2) is 6.30. The Kier molecular flexibility index (Phi) is 5.35. The van der Waals surface area contributed by atoms with Crippen LogP contribution in [0.1, 0.15) is 59.3 Å². The number of aldehydes is 1. The van der Waals surface area contributed by atoms with Crippen LogP contribution in [-0.4, -0.2) is 6.29 Å². The van der Waals surface area contributed by atoms with Crippen LogP contribution in [0.4, 0.5) is 0 Å². The van der Waals surface area contributed by atoms with Gasteiger partial charge in [0.1, 0.15) is 6.29 Å². The van der Waals surface area contributed by atoms with E-state index in [0.717, 1.165) is 42.8 Å². The normalized spacial score (nSPS) is 31.9. The van der Waals surface area contributed by atoms with Crippen LogP contribution in [0, 0.1) is 23.7 Å². The van der Waals surface area contributed by atoms with Gasteiger partial charge in [0.15, 0.2) is 0 Å². The van der Waals surface area contributed by atoms with E-state index >= 15 is 0 Å². The molecular weight excluding hydrogens is 184 g/mol. The van der Waals surface area contributed by atoms with Gasteiger partial charge < -0.3 is 4.79 Å². The van der Waals surface area contributed by atoms with Gasteiger partial charge in [0, 0.05) is 6.42 Å². The number of rotatable bonds is 5. The van der Waals surface area contributed by atoms with Crippen molar-refractivity contribution < 1.29 is 4.79 Å². The molecule has 0 amide bonds. The predicted octanol–water partition coefficient (Wildman–Crippen LogP) is 4.06. The first-order valence-electron chi connectivity index (χ1n) is 6.57. The maximum atomic E-state index is 10.4. The molecule has 0 aromatic heterocycles. The van der Waals surface area contributed by atoms with Crippen LogP contribution >= 0.6 is 0 Å². The highest BCUT2D eigenvalue weighted by molar-refractivity contribution is 5.49. The smallest absolute Gasteiger partial charge is 0.120 e. The molecule has 1 fully saturated rings. The highest BCUT2D eigenvalue weighted by Gasteiger charge is 2.27. The van der Waals surface area contributed by atoms with E-state index in [1.54, 1.807) is 0 Å². The van der Waals surface area contributed by atoms with Gasteiger partial charge in [-0.2, -0.15) is 0 Å². The predicted molar refractivity (Wildman–Crippen MR) is 64.7 cm³/mol. The molecule has 1 nitrogen and oxygen atoms in total. The lowest BCUT2D eigenvalue weighted by molar-refractivity contribution is -0.108. The Morgan fingerprint density at radius 2 is 2.07 bits per heavy atom. The van der Waals surface area contributed by atoms with Gasteiger partial charge in [-0.25, -0.2) is 0 Å². The molecule has 1 rings (SSSR count). The van der Waals surface area contributed by atoms with Crippen molar-refractivity contribution in [3.05, 3.63) is 0 Å². The fourth-order valence-electron chi connectivity index (χ4n) is 3.16. The lowest BCUT2D eigenvalue weighted by atomic mass is 9.71. The Morgan fingerprint density at radius 1 is 1.33 bits per heavy atom. The molecule has 88 valence electrons. The third-order valence-electron chi connectivity index (χ3n) is 3.92. The van der Waals surface area contributed by atoms with Crippen molar-refractivity contribution in [1.82, 2.24) is 0 Å². The Hall–Kier alpha value is -0.330. The van der Waals surface area contributed by atoms with E-state index in [4.69, 9.17) is 0 Å². The van der Waals surface area contributed by atoms with Crippen LogP contribution in [0.15, 0.2) is 0 Å². The topological polar surface area (TPSA) is 17.1 Å². The van der Waals surface area contributed by atoms with Crippen molar-refractivity contribution in [1.29, 1.82) is 0 Å². The summed E-state index contributed by atoms with van der Waals surface area (Å²) in [4.78, 5) is 10.4. The van der Waals surface area contributed by atoms with Crippen LogP contribution < -0.4 is 0 Å². The Morgan fingerprint density at radius 3 is 2.60 bits per heavy atom. The van der Waals surface area contributed by atoms with Gasteiger partial charge in [0.05, 0.1) is 0 Å². The second-order valence-electron chi connectivity index (χ2n) is 5.79. The van der Waals surface area contributed by atoms with Crippen molar-refractivity contribution >= 4 is 6.29 Å². The summed E-state index contributed by atoms with van der Waals surface area (Å²) in [6.45, 7) is 7.02. The largest absolute Gasteiger partial charge is 0.303 e. The zero-order chi connectivity index (χ0) is 11.3. The van der Waals surface area contributed by atoms with E-state index in [0.29, 0.717) is 0 Å². The van der Waals surface area contributed by atoms with E-state index in [2.05, 4.69) is 20.8 Å². The fourth-order valence-corrected chi connectivity index (χ4v) is 3.16. The first-order valence-corrected chi connectivity index (χ1v) is 6.57. The van der Waals surface area contributed by atoms with Crippen molar-refractivity contribution in [2.75, 3.05) is 0 Å². The Labute approximate surface area is 94.6 Å². The molecule has 0 bridgehead atoms. The minimum Gasteiger partial charge on any atom is -0.303 e. The summed E-state index contributed by atoms with van der Waals surface area (Å²) in [7, 11) is 0. The Bertz CT molecular complexity index is 186. The van der Waals surface area contributed by atoms with Gasteiger partial charge in [-0.05, 0) is 49.4 Å². The summed E-state index contributed by atoms with van der Waals surface area (Å²) >= 11 is 0. The minimum absolute atomic E-state index is 0.768.